The highest BCUT2D eigenvalue weighted by molar-refractivity contribution is 8.03. The monoisotopic (exact) mass is 238 g/mol. The Morgan fingerprint density at radius 1 is 1.06 bits per heavy atom. The first kappa shape index (κ1) is 11.0. The van der Waals surface area contributed by atoms with E-state index < -0.39 is 0 Å². The van der Waals surface area contributed by atoms with Gasteiger partial charge in [-0.3, -0.25) is 0 Å². The Labute approximate surface area is 102 Å². The molecule has 2 unspecified atom stereocenters. The van der Waals surface area contributed by atoms with Crippen LogP contribution in [0.2, 0.25) is 0 Å². The van der Waals surface area contributed by atoms with Gasteiger partial charge in [-0.05, 0) is 31.1 Å². The van der Waals surface area contributed by atoms with Crippen molar-refractivity contribution in [1.29, 1.82) is 0 Å². The maximum absolute atomic E-state index is 5.93. The number of nitrogens with one attached hydrogen (secondary N) is 1. The van der Waals surface area contributed by atoms with Gasteiger partial charge < -0.3 is 11.1 Å². The molecule has 1 saturated carbocycles. The summed E-state index contributed by atoms with van der Waals surface area (Å²) in [5.41, 5.74) is 7.53. The van der Waals surface area contributed by atoms with E-state index in [2.05, 4.69) is 5.32 Å². The van der Waals surface area contributed by atoms with Crippen LogP contribution in [0.15, 0.2) is 10.6 Å². The third-order valence-corrected chi connectivity index (χ3v) is 5.52. The minimum Gasteiger partial charge on any atom is -0.364 e. The van der Waals surface area contributed by atoms with Gasteiger partial charge in [-0.25, -0.2) is 0 Å². The Kier molecular flexibility index (Phi) is 3.16. The predicted molar refractivity (Wildman–Crippen MR) is 69.6 cm³/mol. The first-order chi connectivity index (χ1) is 7.83. The fourth-order valence-corrected chi connectivity index (χ4v) is 4.69. The summed E-state index contributed by atoms with van der Waals surface area (Å²) in [7, 11) is 0. The van der Waals surface area contributed by atoms with Gasteiger partial charge in [-0.15, -0.1) is 0 Å². The first-order valence-corrected chi connectivity index (χ1v) is 7.61. The van der Waals surface area contributed by atoms with E-state index in [9.17, 15) is 0 Å². The lowest BCUT2D eigenvalue weighted by Crippen LogP contribution is -2.29. The number of nitrogens with two attached hydrogens (primary N) is 1. The zero-order valence-electron chi connectivity index (χ0n) is 9.87. The van der Waals surface area contributed by atoms with Crippen molar-refractivity contribution in [2.45, 2.75) is 56.9 Å². The quantitative estimate of drug-likeness (QED) is 0.737. The van der Waals surface area contributed by atoms with Crippen LogP contribution in [-0.2, 0) is 0 Å². The Morgan fingerprint density at radius 3 is 2.69 bits per heavy atom. The summed E-state index contributed by atoms with van der Waals surface area (Å²) in [5.74, 6) is 1.97. The number of hydrogen-bond acceptors (Lipinski definition) is 3. The van der Waals surface area contributed by atoms with E-state index in [0.717, 1.165) is 11.8 Å². The van der Waals surface area contributed by atoms with Crippen LogP contribution in [0.4, 0.5) is 0 Å². The smallest absolute Gasteiger partial charge is 0.127 e. The molecular formula is C13H22N2S. The largest absolute Gasteiger partial charge is 0.364 e. The average molecular weight is 238 g/mol. The number of rotatable bonds is 1. The van der Waals surface area contributed by atoms with E-state index in [-0.39, 0.29) is 5.50 Å². The van der Waals surface area contributed by atoms with E-state index in [4.69, 9.17) is 5.73 Å². The highest BCUT2D eigenvalue weighted by Crippen LogP contribution is 2.45. The molecule has 0 amide bonds. The van der Waals surface area contributed by atoms with Crippen LogP contribution in [0.3, 0.4) is 0 Å². The number of allylic oxidation sites excluding steroid dienone is 2. The molecule has 0 aromatic carbocycles. The third-order valence-electron chi connectivity index (χ3n) is 4.45. The topological polar surface area (TPSA) is 38.0 Å². The Balaban J connectivity index is 1.63. The van der Waals surface area contributed by atoms with Crippen LogP contribution in [-0.4, -0.2) is 5.50 Å². The van der Waals surface area contributed by atoms with Crippen molar-refractivity contribution < 1.29 is 0 Å². The fraction of sp³-hybridized carbons (Fsp3) is 0.846. The van der Waals surface area contributed by atoms with Crippen LogP contribution < -0.4 is 11.1 Å². The molecule has 16 heavy (non-hydrogen) atoms. The van der Waals surface area contributed by atoms with Crippen LogP contribution in [0.25, 0.3) is 0 Å². The van der Waals surface area contributed by atoms with Gasteiger partial charge in [-0.1, -0.05) is 43.9 Å². The minimum atomic E-state index is 0.134. The molecule has 1 heterocycles. The highest BCUT2D eigenvalue weighted by Gasteiger charge is 2.32. The zero-order valence-corrected chi connectivity index (χ0v) is 10.7. The maximum atomic E-state index is 5.93. The molecule has 3 aliphatic rings. The molecule has 3 heteroatoms. The van der Waals surface area contributed by atoms with Gasteiger partial charge in [0.2, 0.25) is 0 Å². The van der Waals surface area contributed by atoms with Crippen LogP contribution in [0, 0.1) is 11.8 Å². The van der Waals surface area contributed by atoms with Gasteiger partial charge >= 0.3 is 0 Å². The summed E-state index contributed by atoms with van der Waals surface area (Å²) < 4.78 is 0. The molecule has 1 aliphatic heterocycles. The van der Waals surface area contributed by atoms with Gasteiger partial charge in [0.25, 0.3) is 0 Å². The van der Waals surface area contributed by atoms with Gasteiger partial charge in [0.1, 0.15) is 5.50 Å². The highest BCUT2D eigenvalue weighted by atomic mass is 32.2. The fourth-order valence-electron chi connectivity index (χ4n) is 3.57. The average Bonchev–Trinajstić information content (AvgIpc) is 2.69. The molecule has 2 nitrogen and oxygen atoms in total. The van der Waals surface area contributed by atoms with Crippen molar-refractivity contribution in [2.24, 2.45) is 17.6 Å². The van der Waals surface area contributed by atoms with E-state index in [1.165, 1.54) is 57.1 Å². The van der Waals surface area contributed by atoms with E-state index >= 15 is 0 Å². The van der Waals surface area contributed by atoms with Crippen molar-refractivity contribution in [2.75, 3.05) is 0 Å². The second-order valence-electron chi connectivity index (χ2n) is 5.49. The molecule has 0 spiro atoms. The molecule has 1 fully saturated rings. The molecule has 2 atom stereocenters. The lowest BCUT2D eigenvalue weighted by Gasteiger charge is -2.33. The van der Waals surface area contributed by atoms with E-state index in [1.807, 2.05) is 11.8 Å². The molecule has 90 valence electrons. The second-order valence-corrected chi connectivity index (χ2v) is 6.72. The van der Waals surface area contributed by atoms with Crippen molar-refractivity contribution in [3.8, 4) is 0 Å². The van der Waals surface area contributed by atoms with Crippen LogP contribution in [0.5, 0.6) is 0 Å². The molecule has 0 aromatic rings. The van der Waals surface area contributed by atoms with Crippen molar-refractivity contribution in [1.82, 2.24) is 5.32 Å². The predicted octanol–water partition coefficient (Wildman–Crippen LogP) is 3.16. The molecule has 0 aromatic heterocycles. The summed E-state index contributed by atoms with van der Waals surface area (Å²) >= 11 is 1.86. The van der Waals surface area contributed by atoms with Crippen molar-refractivity contribution in [3.05, 3.63) is 10.6 Å². The molecule has 0 radical (unpaired) electrons. The SMILES string of the molecule is NC1NC2=C(CC(C3CCCCC3)CC2)S1. The molecule has 3 rings (SSSR count). The van der Waals surface area contributed by atoms with E-state index in [0.29, 0.717) is 0 Å². The summed E-state index contributed by atoms with van der Waals surface area (Å²) in [6.45, 7) is 0. The second kappa shape index (κ2) is 4.61. The Bertz CT molecular complexity index is 294. The normalized spacial score (nSPS) is 36.1. The first-order valence-electron chi connectivity index (χ1n) is 6.74. The third kappa shape index (κ3) is 2.12. The van der Waals surface area contributed by atoms with Crippen molar-refractivity contribution in [3.63, 3.8) is 0 Å². The van der Waals surface area contributed by atoms with Crippen LogP contribution in [0.1, 0.15) is 51.4 Å². The summed E-state index contributed by atoms with van der Waals surface area (Å²) in [4.78, 5) is 1.58. The lowest BCUT2D eigenvalue weighted by molar-refractivity contribution is 0.229. The summed E-state index contributed by atoms with van der Waals surface area (Å²) in [6.07, 6.45) is 11.3. The van der Waals surface area contributed by atoms with Gasteiger partial charge in [0, 0.05) is 10.6 Å². The molecule has 3 N–H and O–H groups in total. The van der Waals surface area contributed by atoms with Gasteiger partial charge in [-0.2, -0.15) is 0 Å². The standard InChI is InChI=1S/C13H22N2S/c14-13-15-11-7-6-10(8-12(11)16-13)9-4-2-1-3-5-9/h9-10,13,15H,1-8,14H2. The van der Waals surface area contributed by atoms with Gasteiger partial charge in [0.05, 0.1) is 0 Å². The van der Waals surface area contributed by atoms with E-state index in [1.54, 1.807) is 4.91 Å². The van der Waals surface area contributed by atoms with Gasteiger partial charge in [0.15, 0.2) is 0 Å². The molecule has 2 aliphatic carbocycles. The maximum Gasteiger partial charge on any atom is 0.127 e. The minimum absolute atomic E-state index is 0.134. The zero-order chi connectivity index (χ0) is 11.0. The summed E-state index contributed by atoms with van der Waals surface area (Å²) in [5, 5.41) is 3.40. The molecular weight excluding hydrogens is 216 g/mol. The molecule has 0 saturated heterocycles. The number of hydrogen-bond donors (Lipinski definition) is 2. The lowest BCUT2D eigenvalue weighted by atomic mass is 9.74. The molecule has 0 bridgehead atoms. The van der Waals surface area contributed by atoms with Crippen molar-refractivity contribution >= 4 is 11.8 Å². The Morgan fingerprint density at radius 2 is 1.88 bits per heavy atom. The Hall–Kier alpha value is -0.150. The summed E-state index contributed by atoms with van der Waals surface area (Å²) in [6, 6.07) is 0. The number of thioether (sulfide) groups is 1. The van der Waals surface area contributed by atoms with Crippen LogP contribution >= 0.6 is 11.8 Å².